The van der Waals surface area contributed by atoms with Crippen molar-refractivity contribution in [1.82, 2.24) is 15.6 Å². The van der Waals surface area contributed by atoms with Crippen molar-refractivity contribution in [2.75, 3.05) is 13.6 Å². The van der Waals surface area contributed by atoms with Gasteiger partial charge in [-0.2, -0.15) is 0 Å². The van der Waals surface area contributed by atoms with E-state index >= 15 is 0 Å². The monoisotopic (exact) mass is 365 g/mol. The highest BCUT2D eigenvalue weighted by Gasteiger charge is 2.11. The van der Waals surface area contributed by atoms with Gasteiger partial charge in [0.15, 0.2) is 10.8 Å². The number of thiazole rings is 1. The Morgan fingerprint density at radius 3 is 2.88 bits per heavy atom. The third kappa shape index (κ3) is 4.56. The highest BCUT2D eigenvalue weighted by Crippen LogP contribution is 2.30. The predicted molar refractivity (Wildman–Crippen MR) is 99.6 cm³/mol. The van der Waals surface area contributed by atoms with E-state index in [0.717, 1.165) is 39.7 Å². The van der Waals surface area contributed by atoms with Crippen LogP contribution < -0.4 is 10.6 Å². The summed E-state index contributed by atoms with van der Waals surface area (Å²) in [6.45, 7) is 1.25. The lowest BCUT2D eigenvalue weighted by Gasteiger charge is -2.02. The van der Waals surface area contributed by atoms with Crippen LogP contribution in [-0.2, 0) is 11.3 Å². The number of halogens is 1. The molecular formula is C17H20ClN3O2S. The van der Waals surface area contributed by atoms with Gasteiger partial charge in [0.2, 0.25) is 5.91 Å². The van der Waals surface area contributed by atoms with Crippen molar-refractivity contribution in [2.24, 2.45) is 0 Å². The van der Waals surface area contributed by atoms with Crippen LogP contribution in [0.4, 0.5) is 0 Å². The van der Waals surface area contributed by atoms with Gasteiger partial charge in [0.1, 0.15) is 5.76 Å². The summed E-state index contributed by atoms with van der Waals surface area (Å²) in [5.41, 5.74) is 0.975. The Hall–Kier alpha value is -1.89. The molecule has 24 heavy (non-hydrogen) atoms. The van der Waals surface area contributed by atoms with Gasteiger partial charge < -0.3 is 15.1 Å². The molecule has 0 bridgehead atoms. The molecule has 3 rings (SSSR count). The van der Waals surface area contributed by atoms with Crippen LogP contribution in [0.1, 0.15) is 18.6 Å². The quantitative estimate of drug-likeness (QED) is 0.628. The summed E-state index contributed by atoms with van der Waals surface area (Å²) < 4.78 is 6.93. The molecule has 2 N–H and O–H groups in total. The van der Waals surface area contributed by atoms with Gasteiger partial charge in [-0.3, -0.25) is 4.79 Å². The largest absolute Gasteiger partial charge is 0.457 e. The highest BCUT2D eigenvalue weighted by atomic mass is 35.5. The lowest BCUT2D eigenvalue weighted by Crippen LogP contribution is -2.23. The smallest absolute Gasteiger partial charge is 0.220 e. The topological polar surface area (TPSA) is 67.2 Å². The standard InChI is InChI=1S/C17H19N3O2S.ClH/c1-18-10-4-7-16(21)19-11-12-8-9-14(22-12)17-20-13-5-2-3-6-15(13)23-17;/h2-3,5-6,8-9,18H,4,7,10-11H2,1H3,(H,19,21);1H. The molecular weight excluding hydrogens is 346 g/mol. The van der Waals surface area contributed by atoms with Gasteiger partial charge in [-0.1, -0.05) is 12.1 Å². The van der Waals surface area contributed by atoms with Gasteiger partial charge in [-0.25, -0.2) is 4.98 Å². The van der Waals surface area contributed by atoms with Crippen molar-refractivity contribution in [3.05, 3.63) is 42.2 Å². The molecule has 3 aromatic rings. The fourth-order valence-corrected chi connectivity index (χ4v) is 3.19. The van der Waals surface area contributed by atoms with Crippen molar-refractivity contribution in [3.8, 4) is 10.8 Å². The van der Waals surface area contributed by atoms with Crippen molar-refractivity contribution in [1.29, 1.82) is 0 Å². The van der Waals surface area contributed by atoms with Gasteiger partial charge in [-0.15, -0.1) is 23.7 Å². The molecule has 2 heterocycles. The van der Waals surface area contributed by atoms with Gasteiger partial charge in [0.25, 0.3) is 0 Å². The summed E-state index contributed by atoms with van der Waals surface area (Å²) in [5, 5.41) is 6.76. The Morgan fingerprint density at radius 2 is 2.08 bits per heavy atom. The molecule has 0 saturated carbocycles. The number of carbonyl (C=O) groups is 1. The molecule has 0 fully saturated rings. The molecule has 128 valence electrons. The minimum atomic E-state index is 0. The Bertz CT molecular complexity index is 767. The van der Waals surface area contributed by atoms with E-state index in [1.165, 1.54) is 0 Å². The minimum absolute atomic E-state index is 0. The van der Waals surface area contributed by atoms with E-state index in [-0.39, 0.29) is 18.3 Å². The number of hydrogen-bond acceptors (Lipinski definition) is 5. The van der Waals surface area contributed by atoms with Crippen molar-refractivity contribution in [3.63, 3.8) is 0 Å². The number of rotatable bonds is 7. The average Bonchev–Trinajstić information content (AvgIpc) is 3.19. The molecule has 0 unspecified atom stereocenters. The van der Waals surface area contributed by atoms with Gasteiger partial charge in [-0.05, 0) is 44.3 Å². The molecule has 0 aliphatic rings. The molecule has 0 aliphatic heterocycles. The number of nitrogens with zero attached hydrogens (tertiary/aromatic N) is 1. The lowest BCUT2D eigenvalue weighted by atomic mass is 10.3. The summed E-state index contributed by atoms with van der Waals surface area (Å²) >= 11 is 1.60. The maximum Gasteiger partial charge on any atom is 0.220 e. The van der Waals surface area contributed by atoms with Crippen LogP contribution in [-0.4, -0.2) is 24.5 Å². The second-order valence-corrected chi connectivity index (χ2v) is 6.27. The zero-order valence-electron chi connectivity index (χ0n) is 13.4. The number of hydrogen-bond donors (Lipinski definition) is 2. The molecule has 0 saturated heterocycles. The first-order chi connectivity index (χ1) is 11.3. The van der Waals surface area contributed by atoms with E-state index in [9.17, 15) is 4.79 Å². The molecule has 2 aromatic heterocycles. The Kier molecular flexibility index (Phi) is 6.78. The molecule has 5 nitrogen and oxygen atoms in total. The number of nitrogens with one attached hydrogen (secondary N) is 2. The van der Waals surface area contributed by atoms with Gasteiger partial charge in [0, 0.05) is 6.42 Å². The molecule has 0 radical (unpaired) electrons. The second-order valence-electron chi connectivity index (χ2n) is 5.24. The summed E-state index contributed by atoms with van der Waals surface area (Å²) in [5.74, 6) is 1.52. The molecule has 1 amide bonds. The Morgan fingerprint density at radius 1 is 1.25 bits per heavy atom. The first-order valence-corrected chi connectivity index (χ1v) is 8.44. The number of furan rings is 1. The zero-order valence-corrected chi connectivity index (χ0v) is 15.0. The number of fused-ring (bicyclic) bond motifs is 1. The first kappa shape index (κ1) is 18.4. The second kappa shape index (κ2) is 8.82. The van der Waals surface area contributed by atoms with Gasteiger partial charge >= 0.3 is 0 Å². The van der Waals surface area contributed by atoms with Gasteiger partial charge in [0.05, 0.1) is 16.8 Å². The van der Waals surface area contributed by atoms with Crippen LogP contribution in [0.15, 0.2) is 40.8 Å². The van der Waals surface area contributed by atoms with E-state index in [1.54, 1.807) is 11.3 Å². The summed E-state index contributed by atoms with van der Waals surface area (Å²) in [6, 6.07) is 11.8. The maximum atomic E-state index is 11.7. The lowest BCUT2D eigenvalue weighted by molar-refractivity contribution is -0.121. The highest BCUT2D eigenvalue weighted by molar-refractivity contribution is 7.21. The third-order valence-corrected chi connectivity index (χ3v) is 4.51. The molecule has 0 spiro atoms. The Labute approximate surface area is 150 Å². The third-order valence-electron chi connectivity index (χ3n) is 3.46. The van der Waals surface area contributed by atoms with E-state index in [0.29, 0.717) is 13.0 Å². The van der Waals surface area contributed by atoms with Crippen LogP contribution in [0, 0.1) is 0 Å². The normalized spacial score (nSPS) is 10.5. The number of para-hydroxylation sites is 1. The summed E-state index contributed by atoms with van der Waals surface area (Å²) in [4.78, 5) is 16.3. The van der Waals surface area contributed by atoms with Crippen LogP contribution in [0.2, 0.25) is 0 Å². The zero-order chi connectivity index (χ0) is 16.1. The SMILES string of the molecule is CNCCCC(=O)NCc1ccc(-c2nc3ccccc3s2)o1.Cl. The molecule has 0 atom stereocenters. The number of carbonyl (C=O) groups excluding carboxylic acids is 1. The van der Waals surface area contributed by atoms with Crippen LogP contribution in [0.5, 0.6) is 0 Å². The maximum absolute atomic E-state index is 11.7. The van der Waals surface area contributed by atoms with Crippen molar-refractivity contribution < 1.29 is 9.21 Å². The average molecular weight is 366 g/mol. The van der Waals surface area contributed by atoms with Crippen LogP contribution >= 0.6 is 23.7 Å². The van der Waals surface area contributed by atoms with Crippen LogP contribution in [0.25, 0.3) is 21.0 Å². The minimum Gasteiger partial charge on any atom is -0.457 e. The van der Waals surface area contributed by atoms with E-state index < -0.39 is 0 Å². The molecule has 1 aromatic carbocycles. The first-order valence-electron chi connectivity index (χ1n) is 7.62. The fraction of sp³-hybridized carbons (Fsp3) is 0.294. The van der Waals surface area contributed by atoms with Crippen molar-refractivity contribution in [2.45, 2.75) is 19.4 Å². The van der Waals surface area contributed by atoms with E-state index in [4.69, 9.17) is 4.42 Å². The Balaban J connectivity index is 0.00000208. The number of aromatic nitrogens is 1. The summed E-state index contributed by atoms with van der Waals surface area (Å²) in [7, 11) is 1.88. The van der Waals surface area contributed by atoms with E-state index in [1.807, 2.05) is 43.4 Å². The number of benzene rings is 1. The number of amides is 1. The summed E-state index contributed by atoms with van der Waals surface area (Å²) in [6.07, 6.45) is 1.35. The molecule has 0 aliphatic carbocycles. The predicted octanol–water partition coefficient (Wildman–Crippen LogP) is 3.59. The molecule has 7 heteroatoms. The fourth-order valence-electron chi connectivity index (χ4n) is 2.27. The van der Waals surface area contributed by atoms with Crippen molar-refractivity contribution >= 4 is 39.9 Å². The van der Waals surface area contributed by atoms with Crippen LogP contribution in [0.3, 0.4) is 0 Å². The van der Waals surface area contributed by atoms with E-state index in [2.05, 4.69) is 15.6 Å².